The number of urea groups is 1. The summed E-state index contributed by atoms with van der Waals surface area (Å²) in [6, 6.07) is -0.545. The van der Waals surface area contributed by atoms with Gasteiger partial charge in [0.1, 0.15) is 5.92 Å². The van der Waals surface area contributed by atoms with Gasteiger partial charge >= 0.3 is 6.03 Å². The van der Waals surface area contributed by atoms with Crippen LogP contribution >= 0.6 is 0 Å². The smallest absolute Gasteiger partial charge is 0.277 e. The van der Waals surface area contributed by atoms with Crippen molar-refractivity contribution in [2.45, 2.75) is 39.2 Å². The number of rotatable bonds is 3. The Morgan fingerprint density at radius 2 is 2.00 bits per heavy atom. The van der Waals surface area contributed by atoms with Crippen molar-refractivity contribution in [1.29, 1.82) is 0 Å². The summed E-state index contributed by atoms with van der Waals surface area (Å²) in [5.41, 5.74) is 0. The van der Waals surface area contributed by atoms with Crippen molar-refractivity contribution in [1.82, 2.24) is 10.2 Å². The van der Waals surface area contributed by atoms with Gasteiger partial charge in [-0.2, -0.15) is 0 Å². The Morgan fingerprint density at radius 1 is 1.38 bits per heavy atom. The molecule has 0 aromatic carbocycles. The van der Waals surface area contributed by atoms with Crippen LogP contribution in [-0.2, 0) is 9.59 Å². The molecule has 1 aliphatic heterocycles. The summed E-state index contributed by atoms with van der Waals surface area (Å²) in [5, 5.41) is 2.26. The van der Waals surface area contributed by atoms with E-state index in [9.17, 15) is 14.4 Å². The van der Waals surface area contributed by atoms with Gasteiger partial charge < -0.3 is 0 Å². The standard InChI is InChI=1S/C11H16N2O3/c1-3-4-7-9(14)12-11(16)13(10(7)15)8-5-6(8)2/h6-8H,3-5H2,1-2H3,(H,12,14,16). The molecule has 0 aromatic rings. The molecule has 0 radical (unpaired) electrons. The lowest BCUT2D eigenvalue weighted by atomic mass is 9.99. The number of nitrogens with zero attached hydrogens (tertiary/aromatic N) is 1. The van der Waals surface area contributed by atoms with E-state index in [-0.39, 0.29) is 11.9 Å². The summed E-state index contributed by atoms with van der Waals surface area (Å²) >= 11 is 0. The molecule has 0 spiro atoms. The first-order chi connectivity index (χ1) is 7.56. The molecule has 3 atom stereocenters. The zero-order valence-electron chi connectivity index (χ0n) is 9.53. The van der Waals surface area contributed by atoms with E-state index < -0.39 is 17.9 Å². The van der Waals surface area contributed by atoms with Gasteiger partial charge in [-0.15, -0.1) is 0 Å². The van der Waals surface area contributed by atoms with E-state index in [2.05, 4.69) is 5.32 Å². The van der Waals surface area contributed by atoms with Crippen LogP contribution in [0.15, 0.2) is 0 Å². The molecule has 3 unspecified atom stereocenters. The minimum atomic E-state index is -0.671. The third kappa shape index (κ3) is 1.70. The van der Waals surface area contributed by atoms with E-state index in [0.717, 1.165) is 12.8 Å². The van der Waals surface area contributed by atoms with E-state index in [1.165, 1.54) is 4.90 Å². The van der Waals surface area contributed by atoms with Crippen molar-refractivity contribution in [3.63, 3.8) is 0 Å². The fraction of sp³-hybridized carbons (Fsp3) is 0.727. The molecule has 0 bridgehead atoms. The van der Waals surface area contributed by atoms with Crippen LogP contribution in [0.1, 0.15) is 33.1 Å². The summed E-state index contributed by atoms with van der Waals surface area (Å²) in [6.45, 7) is 3.91. The van der Waals surface area contributed by atoms with E-state index >= 15 is 0 Å². The predicted octanol–water partition coefficient (Wildman–Crippen LogP) is 0.889. The minimum absolute atomic E-state index is 0.0000406. The van der Waals surface area contributed by atoms with Crippen LogP contribution in [0.2, 0.25) is 0 Å². The Balaban J connectivity index is 2.16. The van der Waals surface area contributed by atoms with Gasteiger partial charge in [0.25, 0.3) is 0 Å². The summed E-state index contributed by atoms with van der Waals surface area (Å²) in [6.07, 6.45) is 2.12. The molecule has 16 heavy (non-hydrogen) atoms. The second-order valence-electron chi connectivity index (χ2n) is 4.62. The van der Waals surface area contributed by atoms with Crippen molar-refractivity contribution >= 4 is 17.8 Å². The quantitative estimate of drug-likeness (QED) is 0.724. The van der Waals surface area contributed by atoms with Crippen LogP contribution in [0.3, 0.4) is 0 Å². The number of nitrogens with one attached hydrogen (secondary N) is 1. The molecule has 1 saturated heterocycles. The summed E-state index contributed by atoms with van der Waals surface area (Å²) < 4.78 is 0. The number of hydrogen-bond donors (Lipinski definition) is 1. The normalized spacial score (nSPS) is 34.0. The van der Waals surface area contributed by atoms with Crippen LogP contribution in [0.5, 0.6) is 0 Å². The highest BCUT2D eigenvalue weighted by Gasteiger charge is 2.49. The van der Waals surface area contributed by atoms with E-state index in [0.29, 0.717) is 12.3 Å². The third-order valence-electron chi connectivity index (χ3n) is 3.28. The molecule has 1 heterocycles. The number of imide groups is 2. The largest absolute Gasteiger partial charge is 0.331 e. The fourth-order valence-electron chi connectivity index (χ4n) is 2.15. The highest BCUT2D eigenvalue weighted by molar-refractivity contribution is 6.16. The van der Waals surface area contributed by atoms with Crippen molar-refractivity contribution < 1.29 is 14.4 Å². The number of carbonyl (C=O) groups is 3. The van der Waals surface area contributed by atoms with E-state index in [1.807, 2.05) is 13.8 Å². The van der Waals surface area contributed by atoms with Crippen molar-refractivity contribution in [3.05, 3.63) is 0 Å². The molecule has 0 aromatic heterocycles. The van der Waals surface area contributed by atoms with E-state index in [1.54, 1.807) is 0 Å². The molecule has 2 rings (SSSR count). The number of barbiturate groups is 1. The number of carbonyl (C=O) groups excluding carboxylic acids is 3. The predicted molar refractivity (Wildman–Crippen MR) is 56.4 cm³/mol. The Morgan fingerprint density at radius 3 is 2.50 bits per heavy atom. The SMILES string of the molecule is CCCC1C(=O)NC(=O)N(C2CC2C)C1=O. The van der Waals surface area contributed by atoms with Gasteiger partial charge in [-0.25, -0.2) is 4.79 Å². The van der Waals surface area contributed by atoms with Gasteiger partial charge in [-0.3, -0.25) is 19.8 Å². The second kappa shape index (κ2) is 3.88. The monoisotopic (exact) mass is 224 g/mol. The van der Waals surface area contributed by atoms with Crippen LogP contribution in [0.25, 0.3) is 0 Å². The maximum atomic E-state index is 12.0. The van der Waals surface area contributed by atoms with Gasteiger partial charge in [0, 0.05) is 6.04 Å². The molecule has 2 fully saturated rings. The zero-order chi connectivity index (χ0) is 11.9. The second-order valence-corrected chi connectivity index (χ2v) is 4.62. The first kappa shape index (κ1) is 11.1. The molecule has 1 saturated carbocycles. The highest BCUT2D eigenvalue weighted by Crippen LogP contribution is 2.37. The topological polar surface area (TPSA) is 66.5 Å². The average Bonchev–Trinajstić information content (AvgIpc) is 2.89. The van der Waals surface area contributed by atoms with Gasteiger partial charge in [0.15, 0.2) is 0 Å². The Bertz CT molecular complexity index is 353. The molecular formula is C11H16N2O3. The van der Waals surface area contributed by atoms with Crippen LogP contribution in [0.4, 0.5) is 4.79 Å². The first-order valence-electron chi connectivity index (χ1n) is 5.74. The Kier molecular flexibility index (Phi) is 2.69. The Labute approximate surface area is 94.2 Å². The van der Waals surface area contributed by atoms with Gasteiger partial charge in [-0.1, -0.05) is 20.3 Å². The average molecular weight is 224 g/mol. The lowest BCUT2D eigenvalue weighted by Crippen LogP contribution is -2.58. The molecule has 1 aliphatic carbocycles. The van der Waals surface area contributed by atoms with Crippen molar-refractivity contribution in [2.24, 2.45) is 11.8 Å². The first-order valence-corrected chi connectivity index (χ1v) is 5.74. The van der Waals surface area contributed by atoms with E-state index in [4.69, 9.17) is 0 Å². The van der Waals surface area contributed by atoms with Gasteiger partial charge in [-0.05, 0) is 18.8 Å². The van der Waals surface area contributed by atoms with Crippen LogP contribution in [0, 0.1) is 11.8 Å². The molecule has 5 nitrogen and oxygen atoms in total. The van der Waals surface area contributed by atoms with Gasteiger partial charge in [0.2, 0.25) is 11.8 Å². The summed E-state index contributed by atoms with van der Waals surface area (Å²) in [5.74, 6) is -1.06. The maximum absolute atomic E-state index is 12.0. The van der Waals surface area contributed by atoms with Crippen LogP contribution in [-0.4, -0.2) is 28.8 Å². The highest BCUT2D eigenvalue weighted by atomic mass is 16.2. The molecule has 4 amide bonds. The minimum Gasteiger partial charge on any atom is -0.277 e. The summed E-state index contributed by atoms with van der Waals surface area (Å²) in [4.78, 5) is 36.3. The number of hydrogen-bond acceptors (Lipinski definition) is 3. The number of amides is 4. The molecule has 1 N–H and O–H groups in total. The summed E-state index contributed by atoms with van der Waals surface area (Å²) in [7, 11) is 0. The zero-order valence-corrected chi connectivity index (χ0v) is 9.53. The van der Waals surface area contributed by atoms with Crippen LogP contribution < -0.4 is 5.32 Å². The fourth-order valence-corrected chi connectivity index (χ4v) is 2.15. The molecule has 2 aliphatic rings. The maximum Gasteiger partial charge on any atom is 0.331 e. The van der Waals surface area contributed by atoms with Crippen molar-refractivity contribution in [2.75, 3.05) is 0 Å². The third-order valence-corrected chi connectivity index (χ3v) is 3.28. The molecule has 88 valence electrons. The van der Waals surface area contributed by atoms with Gasteiger partial charge in [0.05, 0.1) is 0 Å². The lowest BCUT2D eigenvalue weighted by molar-refractivity contribution is -0.143. The van der Waals surface area contributed by atoms with Crippen molar-refractivity contribution in [3.8, 4) is 0 Å². The Hall–Kier alpha value is -1.39. The molecular weight excluding hydrogens is 208 g/mol. The molecule has 5 heteroatoms. The lowest BCUT2D eigenvalue weighted by Gasteiger charge is -2.30.